The number of ether oxygens (including phenoxy) is 1. The molecule has 6 heteroatoms. The number of aromatic nitrogens is 1. The number of hydrogen-bond acceptors (Lipinski definition) is 4. The average molecular weight is 280 g/mol. The van der Waals surface area contributed by atoms with E-state index in [2.05, 4.69) is 20.9 Å². The van der Waals surface area contributed by atoms with Crippen LogP contribution in [0.3, 0.4) is 0 Å². The van der Waals surface area contributed by atoms with Gasteiger partial charge in [0.25, 0.3) is 0 Å². The van der Waals surface area contributed by atoms with Gasteiger partial charge >= 0.3 is 0 Å². The second kappa shape index (κ2) is 4.75. The Balaban J connectivity index is 2.43. The molecule has 14 heavy (non-hydrogen) atoms. The lowest BCUT2D eigenvalue weighted by Gasteiger charge is -2.03. The SMILES string of the molecule is CS(=O)(=O)CCOc1ccc(Br)nc1. The summed E-state index contributed by atoms with van der Waals surface area (Å²) >= 11 is 3.18. The second-order valence-electron chi connectivity index (χ2n) is 2.79. The predicted octanol–water partition coefficient (Wildman–Crippen LogP) is 1.27. The number of sulfone groups is 1. The van der Waals surface area contributed by atoms with Crippen molar-refractivity contribution in [1.82, 2.24) is 4.98 Å². The average Bonchev–Trinajstić information content (AvgIpc) is 2.06. The van der Waals surface area contributed by atoms with Crippen LogP contribution in [0.1, 0.15) is 0 Å². The van der Waals surface area contributed by atoms with Gasteiger partial charge in [-0.2, -0.15) is 0 Å². The largest absolute Gasteiger partial charge is 0.491 e. The van der Waals surface area contributed by atoms with Crippen LogP contribution in [-0.4, -0.2) is 32.0 Å². The predicted molar refractivity (Wildman–Crippen MR) is 57.1 cm³/mol. The first-order chi connectivity index (χ1) is 6.47. The highest BCUT2D eigenvalue weighted by molar-refractivity contribution is 9.10. The highest BCUT2D eigenvalue weighted by Gasteiger charge is 2.02. The van der Waals surface area contributed by atoms with Gasteiger partial charge in [0.05, 0.1) is 11.9 Å². The molecule has 0 aliphatic heterocycles. The molecule has 0 fully saturated rings. The summed E-state index contributed by atoms with van der Waals surface area (Å²) in [6.45, 7) is 0.155. The second-order valence-corrected chi connectivity index (χ2v) is 5.87. The molecule has 78 valence electrons. The van der Waals surface area contributed by atoms with Gasteiger partial charge in [-0.05, 0) is 28.1 Å². The first-order valence-corrected chi connectivity index (χ1v) is 6.75. The van der Waals surface area contributed by atoms with Crippen molar-refractivity contribution in [3.63, 3.8) is 0 Å². The van der Waals surface area contributed by atoms with E-state index in [0.29, 0.717) is 10.4 Å². The summed E-state index contributed by atoms with van der Waals surface area (Å²) < 4.78 is 27.4. The molecule has 0 saturated carbocycles. The Labute approximate surface area is 91.4 Å². The van der Waals surface area contributed by atoms with Crippen molar-refractivity contribution in [2.45, 2.75) is 0 Å². The van der Waals surface area contributed by atoms with E-state index in [4.69, 9.17) is 4.74 Å². The van der Waals surface area contributed by atoms with Gasteiger partial charge in [-0.25, -0.2) is 13.4 Å². The van der Waals surface area contributed by atoms with Gasteiger partial charge in [-0.1, -0.05) is 0 Å². The summed E-state index contributed by atoms with van der Waals surface area (Å²) in [4.78, 5) is 3.94. The van der Waals surface area contributed by atoms with Gasteiger partial charge < -0.3 is 4.74 Å². The molecule has 0 bridgehead atoms. The van der Waals surface area contributed by atoms with E-state index in [-0.39, 0.29) is 12.4 Å². The zero-order valence-electron chi connectivity index (χ0n) is 7.60. The molecule has 0 spiro atoms. The molecule has 0 N–H and O–H groups in total. The van der Waals surface area contributed by atoms with Crippen LogP contribution < -0.4 is 4.74 Å². The van der Waals surface area contributed by atoms with Gasteiger partial charge in [0, 0.05) is 6.26 Å². The van der Waals surface area contributed by atoms with E-state index in [1.807, 2.05) is 0 Å². The first-order valence-electron chi connectivity index (χ1n) is 3.89. The molecule has 1 heterocycles. The zero-order valence-corrected chi connectivity index (χ0v) is 10.0. The number of pyridine rings is 1. The van der Waals surface area contributed by atoms with Crippen molar-refractivity contribution in [3.05, 3.63) is 22.9 Å². The molecule has 0 unspecified atom stereocenters. The lowest BCUT2D eigenvalue weighted by Crippen LogP contribution is -2.12. The number of rotatable bonds is 4. The minimum Gasteiger partial charge on any atom is -0.491 e. The van der Waals surface area contributed by atoms with Gasteiger partial charge in [0.15, 0.2) is 9.84 Å². The molecule has 0 atom stereocenters. The zero-order chi connectivity index (χ0) is 10.6. The fourth-order valence-corrected chi connectivity index (χ4v) is 1.38. The molecule has 0 radical (unpaired) electrons. The monoisotopic (exact) mass is 279 g/mol. The number of nitrogens with zero attached hydrogens (tertiary/aromatic N) is 1. The Hall–Kier alpha value is -0.620. The van der Waals surface area contributed by atoms with Gasteiger partial charge in [-0.15, -0.1) is 0 Å². The molecule has 0 aromatic carbocycles. The van der Waals surface area contributed by atoms with Crippen LogP contribution in [0.5, 0.6) is 5.75 Å². The summed E-state index contributed by atoms with van der Waals surface area (Å²) in [7, 11) is -2.96. The van der Waals surface area contributed by atoms with Crippen molar-refractivity contribution in [2.75, 3.05) is 18.6 Å². The summed E-state index contributed by atoms with van der Waals surface area (Å²) in [5.74, 6) is 0.583. The summed E-state index contributed by atoms with van der Waals surface area (Å²) in [6, 6.07) is 3.45. The highest BCUT2D eigenvalue weighted by Crippen LogP contribution is 2.12. The van der Waals surface area contributed by atoms with Crippen LogP contribution in [0.15, 0.2) is 22.9 Å². The van der Waals surface area contributed by atoms with Crippen LogP contribution in [-0.2, 0) is 9.84 Å². The quantitative estimate of drug-likeness (QED) is 0.779. The standard InChI is InChI=1S/C8H10BrNO3S/c1-14(11,12)5-4-13-7-2-3-8(9)10-6-7/h2-3,6H,4-5H2,1H3. The molecule has 0 amide bonds. The van der Waals surface area contributed by atoms with E-state index >= 15 is 0 Å². The third kappa shape index (κ3) is 4.57. The Morgan fingerprint density at radius 3 is 2.71 bits per heavy atom. The Kier molecular flexibility index (Phi) is 3.88. The maximum Gasteiger partial charge on any atom is 0.150 e. The first kappa shape index (κ1) is 11.5. The summed E-state index contributed by atoms with van der Waals surface area (Å²) in [5.41, 5.74) is 0. The van der Waals surface area contributed by atoms with E-state index in [9.17, 15) is 8.42 Å². The minimum atomic E-state index is -2.96. The molecular weight excluding hydrogens is 270 g/mol. The fraction of sp³-hybridized carbons (Fsp3) is 0.375. The number of halogens is 1. The lowest BCUT2D eigenvalue weighted by molar-refractivity contribution is 0.339. The van der Waals surface area contributed by atoms with Crippen LogP contribution in [0.25, 0.3) is 0 Å². The molecular formula is C8H10BrNO3S. The van der Waals surface area contributed by atoms with Crippen molar-refractivity contribution in [3.8, 4) is 5.75 Å². The number of hydrogen-bond donors (Lipinski definition) is 0. The third-order valence-corrected chi connectivity index (χ3v) is 2.80. The fourth-order valence-electron chi connectivity index (χ4n) is 0.759. The highest BCUT2D eigenvalue weighted by atomic mass is 79.9. The maximum absolute atomic E-state index is 10.8. The van der Waals surface area contributed by atoms with E-state index in [0.717, 1.165) is 0 Å². The molecule has 0 saturated heterocycles. The molecule has 1 aromatic rings. The summed E-state index contributed by atoms with van der Waals surface area (Å²) in [5, 5.41) is 0. The Morgan fingerprint density at radius 1 is 1.50 bits per heavy atom. The minimum absolute atomic E-state index is 0.0169. The van der Waals surface area contributed by atoms with Crippen molar-refractivity contribution in [2.24, 2.45) is 0 Å². The Bertz CT molecular complexity index is 388. The van der Waals surface area contributed by atoms with Gasteiger partial charge in [0.1, 0.15) is 17.0 Å². The maximum atomic E-state index is 10.8. The van der Waals surface area contributed by atoms with Crippen molar-refractivity contribution >= 4 is 25.8 Å². The Morgan fingerprint density at radius 2 is 2.21 bits per heavy atom. The van der Waals surface area contributed by atoms with Crippen molar-refractivity contribution in [1.29, 1.82) is 0 Å². The topological polar surface area (TPSA) is 56.3 Å². The summed E-state index contributed by atoms with van der Waals surface area (Å²) in [6.07, 6.45) is 2.71. The van der Waals surface area contributed by atoms with Crippen LogP contribution in [0.2, 0.25) is 0 Å². The molecule has 1 aromatic heterocycles. The van der Waals surface area contributed by atoms with Crippen LogP contribution >= 0.6 is 15.9 Å². The van der Waals surface area contributed by atoms with E-state index < -0.39 is 9.84 Å². The normalized spacial score (nSPS) is 11.3. The van der Waals surface area contributed by atoms with E-state index in [1.54, 1.807) is 12.1 Å². The lowest BCUT2D eigenvalue weighted by atomic mass is 10.5. The molecule has 0 aliphatic carbocycles. The molecule has 0 aliphatic rings. The third-order valence-electron chi connectivity index (χ3n) is 1.42. The van der Waals surface area contributed by atoms with Gasteiger partial charge in [0.2, 0.25) is 0 Å². The molecule has 4 nitrogen and oxygen atoms in total. The van der Waals surface area contributed by atoms with Crippen LogP contribution in [0.4, 0.5) is 0 Å². The van der Waals surface area contributed by atoms with Crippen molar-refractivity contribution < 1.29 is 13.2 Å². The van der Waals surface area contributed by atoms with Gasteiger partial charge in [-0.3, -0.25) is 0 Å². The molecule has 1 rings (SSSR count). The smallest absolute Gasteiger partial charge is 0.150 e. The van der Waals surface area contributed by atoms with E-state index in [1.165, 1.54) is 12.5 Å². The van der Waals surface area contributed by atoms with Crippen LogP contribution in [0, 0.1) is 0 Å².